The molecule has 0 bridgehead atoms. The van der Waals surface area contributed by atoms with Gasteiger partial charge in [-0.25, -0.2) is 4.39 Å². The van der Waals surface area contributed by atoms with Gasteiger partial charge in [-0.05, 0) is 61.1 Å². The maximum absolute atomic E-state index is 13.7. The van der Waals surface area contributed by atoms with Gasteiger partial charge in [0.05, 0.1) is 20.8 Å². The first-order valence-electron chi connectivity index (χ1n) is 12.3. The number of ketones is 1. The molecular formula is C29H32FNO5. The smallest absolute Gasteiger partial charge is 0.315 e. The van der Waals surface area contributed by atoms with Gasteiger partial charge in [0.25, 0.3) is 0 Å². The number of carbonyl (C=O) groups excluding carboxylic acids is 2. The number of esters is 1. The van der Waals surface area contributed by atoms with E-state index in [1.165, 1.54) is 12.1 Å². The third-order valence-electron chi connectivity index (χ3n) is 6.99. The molecule has 1 heterocycles. The predicted molar refractivity (Wildman–Crippen MR) is 135 cm³/mol. The lowest BCUT2D eigenvalue weighted by atomic mass is 9.69. The lowest BCUT2D eigenvalue weighted by Gasteiger charge is -2.36. The third kappa shape index (κ3) is 5.06. The number of aliphatic imine (C=N–C) groups is 1. The Morgan fingerprint density at radius 1 is 1.03 bits per heavy atom. The Hall–Kier alpha value is -3.48. The van der Waals surface area contributed by atoms with Crippen LogP contribution in [0.5, 0.6) is 11.5 Å². The van der Waals surface area contributed by atoms with Crippen molar-refractivity contribution in [2.45, 2.75) is 51.4 Å². The normalized spacial score (nSPS) is 21.5. The van der Waals surface area contributed by atoms with Crippen molar-refractivity contribution in [2.75, 3.05) is 20.8 Å². The summed E-state index contributed by atoms with van der Waals surface area (Å²) in [6.07, 6.45) is 2.48. The lowest BCUT2D eigenvalue weighted by Crippen LogP contribution is -2.38. The molecule has 0 fully saturated rings. The summed E-state index contributed by atoms with van der Waals surface area (Å²) >= 11 is 0. The number of Topliss-reactive ketones (excluding diaryl/α,β-unsaturated/α-hetero) is 1. The first-order valence-corrected chi connectivity index (χ1v) is 12.3. The van der Waals surface area contributed by atoms with Gasteiger partial charge in [-0.15, -0.1) is 0 Å². The van der Waals surface area contributed by atoms with Crippen LogP contribution in [0.15, 0.2) is 58.7 Å². The van der Waals surface area contributed by atoms with Crippen LogP contribution in [-0.2, 0) is 14.3 Å². The van der Waals surface area contributed by atoms with E-state index in [4.69, 9.17) is 19.2 Å². The number of allylic oxidation sites excluding steroid dienone is 2. The fourth-order valence-corrected chi connectivity index (χ4v) is 5.14. The average molecular weight is 494 g/mol. The molecule has 0 spiro atoms. The average Bonchev–Trinajstić information content (AvgIpc) is 2.87. The maximum Gasteiger partial charge on any atom is 0.315 e. The minimum absolute atomic E-state index is 0.0621. The van der Waals surface area contributed by atoms with E-state index in [-0.39, 0.29) is 23.9 Å². The van der Waals surface area contributed by atoms with E-state index < -0.39 is 17.8 Å². The minimum Gasteiger partial charge on any atom is -0.493 e. The molecule has 0 saturated carbocycles. The number of unbranched alkanes of at least 4 members (excludes halogenated alkanes) is 1. The van der Waals surface area contributed by atoms with Gasteiger partial charge < -0.3 is 14.2 Å². The molecule has 6 nitrogen and oxygen atoms in total. The number of nitrogens with zero attached hydrogens (tertiary/aromatic N) is 1. The van der Waals surface area contributed by atoms with Crippen LogP contribution < -0.4 is 9.47 Å². The molecule has 0 amide bonds. The quantitative estimate of drug-likeness (QED) is 0.345. The molecule has 2 aliphatic rings. The monoisotopic (exact) mass is 493 g/mol. The van der Waals surface area contributed by atoms with Crippen LogP contribution >= 0.6 is 0 Å². The van der Waals surface area contributed by atoms with Crippen LogP contribution in [0.25, 0.3) is 0 Å². The molecule has 0 saturated heterocycles. The molecule has 36 heavy (non-hydrogen) atoms. The molecule has 3 atom stereocenters. The number of methoxy groups -OCH3 is 2. The summed E-state index contributed by atoms with van der Waals surface area (Å²) in [6, 6.07) is 11.7. The topological polar surface area (TPSA) is 74.2 Å². The zero-order chi connectivity index (χ0) is 25.8. The van der Waals surface area contributed by atoms with Crippen molar-refractivity contribution < 1.29 is 28.2 Å². The largest absolute Gasteiger partial charge is 0.493 e. The van der Waals surface area contributed by atoms with Crippen molar-refractivity contribution >= 4 is 17.5 Å². The summed E-state index contributed by atoms with van der Waals surface area (Å²) in [5, 5.41) is 0. The van der Waals surface area contributed by atoms with E-state index in [9.17, 15) is 14.0 Å². The van der Waals surface area contributed by atoms with E-state index in [0.29, 0.717) is 47.1 Å². The van der Waals surface area contributed by atoms with Crippen LogP contribution in [0.4, 0.5) is 4.39 Å². The molecule has 0 radical (unpaired) electrons. The van der Waals surface area contributed by atoms with Crippen LogP contribution in [0.3, 0.4) is 0 Å². The summed E-state index contributed by atoms with van der Waals surface area (Å²) in [5.41, 5.74) is 3.47. The van der Waals surface area contributed by atoms with Crippen molar-refractivity contribution in [3.05, 3.63) is 70.7 Å². The summed E-state index contributed by atoms with van der Waals surface area (Å²) < 4.78 is 30.1. The van der Waals surface area contributed by atoms with Gasteiger partial charge in [0.15, 0.2) is 17.3 Å². The highest BCUT2D eigenvalue weighted by molar-refractivity contribution is 6.09. The molecule has 2 aromatic carbocycles. The lowest BCUT2D eigenvalue weighted by molar-refractivity contribution is -0.146. The van der Waals surface area contributed by atoms with Crippen LogP contribution in [0.2, 0.25) is 0 Å². The number of rotatable bonds is 8. The molecule has 1 aliphatic heterocycles. The van der Waals surface area contributed by atoms with Gasteiger partial charge in [-0.1, -0.05) is 31.5 Å². The van der Waals surface area contributed by atoms with Crippen molar-refractivity contribution in [2.24, 2.45) is 10.9 Å². The number of halogens is 1. The van der Waals surface area contributed by atoms with Gasteiger partial charge in [-0.3, -0.25) is 14.6 Å². The van der Waals surface area contributed by atoms with Crippen LogP contribution in [0, 0.1) is 11.7 Å². The fraction of sp³-hybridized carbons (Fsp3) is 0.414. The standard InChI is InChI=1S/C29H32FNO5/c1-5-6-13-36-29(33)26-17(2)31-22-14-20(19-9-12-24(34-3)25(16-19)35-4)15-23(32)28(22)27(26)18-7-10-21(30)11-8-18/h7-12,16,20,26-27H,5-6,13-15H2,1-4H3/t20-,26?,27-/m1/s1. The van der Waals surface area contributed by atoms with Crippen LogP contribution in [0.1, 0.15) is 62.5 Å². The van der Waals surface area contributed by atoms with E-state index in [1.54, 1.807) is 33.3 Å². The highest BCUT2D eigenvalue weighted by Crippen LogP contribution is 2.47. The maximum atomic E-state index is 13.7. The van der Waals surface area contributed by atoms with Gasteiger partial charge >= 0.3 is 5.97 Å². The summed E-state index contributed by atoms with van der Waals surface area (Å²) in [4.78, 5) is 31.6. The van der Waals surface area contributed by atoms with Crippen molar-refractivity contribution in [3.63, 3.8) is 0 Å². The Kier molecular flexibility index (Phi) is 7.87. The van der Waals surface area contributed by atoms with E-state index in [0.717, 1.165) is 18.4 Å². The molecule has 0 aromatic heterocycles. The predicted octanol–water partition coefficient (Wildman–Crippen LogP) is 5.76. The Morgan fingerprint density at radius 2 is 1.72 bits per heavy atom. The SMILES string of the molecule is CCCCOC(=O)C1C(C)=NC2=C(C(=O)C[C@H](c3ccc(OC)c(OC)c3)C2)[C@@H]1c1ccc(F)cc1. The van der Waals surface area contributed by atoms with Gasteiger partial charge in [0.2, 0.25) is 0 Å². The number of benzene rings is 2. The zero-order valence-electron chi connectivity index (χ0n) is 21.2. The first-order chi connectivity index (χ1) is 17.4. The van der Waals surface area contributed by atoms with Crippen molar-refractivity contribution in [1.82, 2.24) is 0 Å². The van der Waals surface area contributed by atoms with E-state index >= 15 is 0 Å². The highest BCUT2D eigenvalue weighted by atomic mass is 19.1. The molecule has 0 N–H and O–H groups in total. The molecule has 7 heteroatoms. The van der Waals surface area contributed by atoms with E-state index in [2.05, 4.69) is 0 Å². The number of ether oxygens (including phenoxy) is 3. The Bertz CT molecular complexity index is 1200. The number of hydrogen-bond acceptors (Lipinski definition) is 6. The Morgan fingerprint density at radius 3 is 2.39 bits per heavy atom. The molecule has 190 valence electrons. The summed E-state index contributed by atoms with van der Waals surface area (Å²) in [6.45, 7) is 4.14. The molecule has 1 aliphatic carbocycles. The second-order valence-electron chi connectivity index (χ2n) is 9.28. The van der Waals surface area contributed by atoms with Crippen molar-refractivity contribution in [1.29, 1.82) is 0 Å². The third-order valence-corrected chi connectivity index (χ3v) is 6.99. The Labute approximate surface area is 211 Å². The minimum atomic E-state index is -0.729. The number of hydrogen-bond donors (Lipinski definition) is 0. The zero-order valence-corrected chi connectivity index (χ0v) is 21.2. The Balaban J connectivity index is 1.73. The van der Waals surface area contributed by atoms with Gasteiger partial charge in [0.1, 0.15) is 11.7 Å². The van der Waals surface area contributed by atoms with Gasteiger partial charge in [-0.2, -0.15) is 0 Å². The van der Waals surface area contributed by atoms with Gasteiger partial charge in [0, 0.05) is 29.3 Å². The molecular weight excluding hydrogens is 461 g/mol. The summed E-state index contributed by atoms with van der Waals surface area (Å²) in [5.74, 6) is -0.999. The van der Waals surface area contributed by atoms with E-state index in [1.807, 2.05) is 25.1 Å². The fourth-order valence-electron chi connectivity index (χ4n) is 5.14. The first kappa shape index (κ1) is 25.6. The second kappa shape index (κ2) is 11.1. The highest BCUT2D eigenvalue weighted by Gasteiger charge is 2.44. The molecule has 2 aromatic rings. The molecule has 1 unspecified atom stereocenters. The second-order valence-corrected chi connectivity index (χ2v) is 9.28. The summed E-state index contributed by atoms with van der Waals surface area (Å²) in [7, 11) is 3.16. The van der Waals surface area contributed by atoms with Crippen molar-refractivity contribution in [3.8, 4) is 11.5 Å². The van der Waals surface area contributed by atoms with Crippen LogP contribution in [-0.4, -0.2) is 38.3 Å². The number of carbonyl (C=O) groups is 2. The molecule has 4 rings (SSSR count).